The zero-order valence-corrected chi connectivity index (χ0v) is 14.6. The second kappa shape index (κ2) is 7.81. The zero-order chi connectivity index (χ0) is 16.8. The summed E-state index contributed by atoms with van der Waals surface area (Å²) >= 11 is 0. The molecule has 0 spiro atoms. The second-order valence-electron chi connectivity index (χ2n) is 6.16. The topological polar surface area (TPSA) is 59.1 Å². The van der Waals surface area contributed by atoms with E-state index in [9.17, 15) is 0 Å². The van der Waals surface area contributed by atoms with Gasteiger partial charge in [0.2, 0.25) is 5.95 Å². The average molecular weight is 314 g/mol. The lowest BCUT2D eigenvalue weighted by molar-refractivity contribution is 0.416. The summed E-state index contributed by atoms with van der Waals surface area (Å²) in [5, 5.41) is 6.62. The van der Waals surface area contributed by atoms with Crippen molar-refractivity contribution in [3.05, 3.63) is 35.5 Å². The fourth-order valence-corrected chi connectivity index (χ4v) is 2.24. The summed E-state index contributed by atoms with van der Waals surface area (Å²) in [6, 6.07) is 7.94. The average Bonchev–Trinajstić information content (AvgIpc) is 2.46. The molecule has 0 fully saturated rings. The standard InChI is InChI=1S/C18H26N4O/c1-12(2)8-9-19-18-20-14(4)11-17(22-18)21-15-10-13(3)6-7-16(15)23-5/h6-7,10-12H,8-9H2,1-5H3,(H2,19,20,21,22). The molecule has 2 rings (SSSR count). The third-order valence-electron chi connectivity index (χ3n) is 3.48. The second-order valence-corrected chi connectivity index (χ2v) is 6.16. The molecule has 0 aliphatic heterocycles. The highest BCUT2D eigenvalue weighted by Crippen LogP contribution is 2.28. The quantitative estimate of drug-likeness (QED) is 0.798. The van der Waals surface area contributed by atoms with Crippen LogP contribution in [0.25, 0.3) is 0 Å². The summed E-state index contributed by atoms with van der Waals surface area (Å²) < 4.78 is 5.40. The number of aryl methyl sites for hydroxylation is 2. The van der Waals surface area contributed by atoms with E-state index in [2.05, 4.69) is 41.4 Å². The van der Waals surface area contributed by atoms with Crippen LogP contribution in [0.1, 0.15) is 31.5 Å². The molecule has 0 unspecified atom stereocenters. The Kier molecular flexibility index (Phi) is 5.79. The molecule has 5 heteroatoms. The minimum atomic E-state index is 0.653. The van der Waals surface area contributed by atoms with Crippen molar-refractivity contribution >= 4 is 17.5 Å². The van der Waals surface area contributed by atoms with Crippen molar-refractivity contribution in [2.75, 3.05) is 24.3 Å². The first-order valence-electron chi connectivity index (χ1n) is 7.99. The third kappa shape index (κ3) is 5.13. The molecule has 2 aromatic rings. The third-order valence-corrected chi connectivity index (χ3v) is 3.48. The molecule has 1 aromatic carbocycles. The zero-order valence-electron chi connectivity index (χ0n) is 14.6. The molecular weight excluding hydrogens is 288 g/mol. The van der Waals surface area contributed by atoms with Crippen molar-refractivity contribution in [3.8, 4) is 5.75 Å². The number of rotatable bonds is 7. The van der Waals surface area contributed by atoms with Crippen molar-refractivity contribution in [3.63, 3.8) is 0 Å². The minimum Gasteiger partial charge on any atom is -0.495 e. The normalized spacial score (nSPS) is 10.7. The van der Waals surface area contributed by atoms with E-state index in [4.69, 9.17) is 4.74 Å². The smallest absolute Gasteiger partial charge is 0.224 e. The van der Waals surface area contributed by atoms with Crippen molar-refractivity contribution in [1.82, 2.24) is 9.97 Å². The number of hydrogen-bond acceptors (Lipinski definition) is 5. The first-order chi connectivity index (χ1) is 11.0. The van der Waals surface area contributed by atoms with Crippen LogP contribution in [-0.4, -0.2) is 23.6 Å². The van der Waals surface area contributed by atoms with Gasteiger partial charge >= 0.3 is 0 Å². The highest BCUT2D eigenvalue weighted by molar-refractivity contribution is 5.65. The van der Waals surface area contributed by atoms with E-state index in [-0.39, 0.29) is 0 Å². The number of benzene rings is 1. The van der Waals surface area contributed by atoms with E-state index >= 15 is 0 Å². The summed E-state index contributed by atoms with van der Waals surface area (Å²) in [5.41, 5.74) is 2.98. The van der Waals surface area contributed by atoms with Gasteiger partial charge in [0.15, 0.2) is 0 Å². The fourth-order valence-electron chi connectivity index (χ4n) is 2.24. The highest BCUT2D eigenvalue weighted by atomic mass is 16.5. The molecule has 124 valence electrons. The van der Waals surface area contributed by atoms with Gasteiger partial charge in [0.1, 0.15) is 11.6 Å². The maximum Gasteiger partial charge on any atom is 0.224 e. The molecule has 0 atom stereocenters. The van der Waals surface area contributed by atoms with Crippen molar-refractivity contribution in [2.24, 2.45) is 5.92 Å². The van der Waals surface area contributed by atoms with Gasteiger partial charge in [-0.3, -0.25) is 0 Å². The summed E-state index contributed by atoms with van der Waals surface area (Å²) in [4.78, 5) is 8.98. The van der Waals surface area contributed by atoms with E-state index in [1.807, 2.05) is 31.2 Å². The lowest BCUT2D eigenvalue weighted by atomic mass is 10.1. The van der Waals surface area contributed by atoms with Crippen LogP contribution < -0.4 is 15.4 Å². The molecule has 2 N–H and O–H groups in total. The maximum absolute atomic E-state index is 5.40. The summed E-state index contributed by atoms with van der Waals surface area (Å²) in [6.45, 7) is 9.29. The van der Waals surface area contributed by atoms with Crippen LogP contribution in [-0.2, 0) is 0 Å². The summed E-state index contributed by atoms with van der Waals surface area (Å²) in [7, 11) is 1.67. The van der Waals surface area contributed by atoms with Gasteiger partial charge in [-0.15, -0.1) is 0 Å². The van der Waals surface area contributed by atoms with Gasteiger partial charge in [-0.2, -0.15) is 4.98 Å². The number of ether oxygens (including phenoxy) is 1. The van der Waals surface area contributed by atoms with E-state index in [1.54, 1.807) is 7.11 Å². The maximum atomic E-state index is 5.40. The first kappa shape index (κ1) is 17.1. The van der Waals surface area contributed by atoms with Crippen LogP contribution in [0.4, 0.5) is 17.5 Å². The van der Waals surface area contributed by atoms with Crippen LogP contribution in [0.3, 0.4) is 0 Å². The molecule has 0 radical (unpaired) electrons. The summed E-state index contributed by atoms with van der Waals surface area (Å²) in [6.07, 6.45) is 1.09. The Bertz CT molecular complexity index is 655. The minimum absolute atomic E-state index is 0.653. The van der Waals surface area contributed by atoms with Gasteiger partial charge in [0, 0.05) is 18.3 Å². The van der Waals surface area contributed by atoms with E-state index in [0.717, 1.165) is 41.5 Å². The van der Waals surface area contributed by atoms with Crippen molar-refractivity contribution < 1.29 is 4.74 Å². The Hall–Kier alpha value is -2.30. The Balaban J connectivity index is 2.17. The van der Waals surface area contributed by atoms with Crippen molar-refractivity contribution in [1.29, 1.82) is 0 Å². The lowest BCUT2D eigenvalue weighted by Gasteiger charge is -2.13. The molecule has 0 aliphatic carbocycles. The van der Waals surface area contributed by atoms with Crippen LogP contribution >= 0.6 is 0 Å². The van der Waals surface area contributed by atoms with E-state index < -0.39 is 0 Å². The Morgan fingerprint density at radius 2 is 1.91 bits per heavy atom. The van der Waals surface area contributed by atoms with Gasteiger partial charge < -0.3 is 15.4 Å². The van der Waals surface area contributed by atoms with Gasteiger partial charge in [0.05, 0.1) is 12.8 Å². The molecule has 1 heterocycles. The number of nitrogens with zero attached hydrogens (tertiary/aromatic N) is 2. The predicted molar refractivity (Wildman–Crippen MR) is 95.7 cm³/mol. The van der Waals surface area contributed by atoms with E-state index in [1.165, 1.54) is 0 Å². The lowest BCUT2D eigenvalue weighted by Crippen LogP contribution is -2.09. The van der Waals surface area contributed by atoms with Gasteiger partial charge in [-0.25, -0.2) is 4.98 Å². The first-order valence-corrected chi connectivity index (χ1v) is 7.99. The van der Waals surface area contributed by atoms with Gasteiger partial charge in [0.25, 0.3) is 0 Å². The van der Waals surface area contributed by atoms with Crippen LogP contribution in [0.15, 0.2) is 24.3 Å². The Labute approximate surface area is 138 Å². The van der Waals surface area contributed by atoms with Crippen LogP contribution in [0.2, 0.25) is 0 Å². The molecule has 0 bridgehead atoms. The molecule has 5 nitrogen and oxygen atoms in total. The number of aromatic nitrogens is 2. The molecule has 0 aliphatic rings. The van der Waals surface area contributed by atoms with Gasteiger partial charge in [-0.05, 0) is 43.9 Å². The molecule has 0 saturated carbocycles. The molecule has 0 saturated heterocycles. The molecule has 23 heavy (non-hydrogen) atoms. The highest BCUT2D eigenvalue weighted by Gasteiger charge is 2.07. The predicted octanol–water partition coefficient (Wildman–Crippen LogP) is 4.30. The van der Waals surface area contributed by atoms with Crippen LogP contribution in [0, 0.1) is 19.8 Å². The molecular formula is C18H26N4O. The number of hydrogen-bond donors (Lipinski definition) is 2. The Morgan fingerprint density at radius 1 is 1.13 bits per heavy atom. The molecule has 0 amide bonds. The monoisotopic (exact) mass is 314 g/mol. The number of anilines is 3. The van der Waals surface area contributed by atoms with Gasteiger partial charge in [-0.1, -0.05) is 19.9 Å². The summed E-state index contributed by atoms with van der Waals surface area (Å²) in [5.74, 6) is 2.86. The largest absolute Gasteiger partial charge is 0.495 e. The number of nitrogens with one attached hydrogen (secondary N) is 2. The van der Waals surface area contributed by atoms with E-state index in [0.29, 0.717) is 11.9 Å². The Morgan fingerprint density at radius 3 is 2.61 bits per heavy atom. The van der Waals surface area contributed by atoms with Crippen LogP contribution in [0.5, 0.6) is 5.75 Å². The van der Waals surface area contributed by atoms with Crippen molar-refractivity contribution in [2.45, 2.75) is 34.1 Å². The SMILES string of the molecule is COc1ccc(C)cc1Nc1cc(C)nc(NCCC(C)C)n1. The number of methoxy groups -OCH3 is 1. The fraction of sp³-hybridized carbons (Fsp3) is 0.444. The molecule has 1 aromatic heterocycles.